The number of carboxylic acids is 1. The highest BCUT2D eigenvalue weighted by Crippen LogP contribution is 2.23. The highest BCUT2D eigenvalue weighted by Gasteiger charge is 2.22. The summed E-state index contributed by atoms with van der Waals surface area (Å²) < 4.78 is 5.33. The van der Waals surface area contributed by atoms with Crippen molar-refractivity contribution in [2.45, 2.75) is 32.4 Å². The third-order valence-corrected chi connectivity index (χ3v) is 3.28. The molecule has 0 aromatic heterocycles. The van der Waals surface area contributed by atoms with Gasteiger partial charge in [0.05, 0.1) is 11.6 Å². The molecule has 0 bridgehead atoms. The van der Waals surface area contributed by atoms with Crippen molar-refractivity contribution in [2.24, 2.45) is 0 Å². The van der Waals surface area contributed by atoms with Crippen molar-refractivity contribution < 1.29 is 19.4 Å². The van der Waals surface area contributed by atoms with Crippen LogP contribution in [0.15, 0.2) is 54.6 Å². The Hall–Kier alpha value is -2.82. The van der Waals surface area contributed by atoms with Gasteiger partial charge in [-0.2, -0.15) is 0 Å². The van der Waals surface area contributed by atoms with Crippen molar-refractivity contribution in [3.63, 3.8) is 0 Å². The summed E-state index contributed by atoms with van der Waals surface area (Å²) in [4.78, 5) is 23.2. The number of amides is 1. The Morgan fingerprint density at radius 3 is 2.00 bits per heavy atom. The average Bonchev–Trinajstić information content (AvgIpc) is 2.52. The molecule has 2 aromatic rings. The quantitative estimate of drug-likeness (QED) is 0.890. The van der Waals surface area contributed by atoms with E-state index in [2.05, 4.69) is 5.32 Å². The molecule has 1 unspecified atom stereocenters. The molecule has 5 heteroatoms. The number of aromatic carboxylic acids is 1. The van der Waals surface area contributed by atoms with Crippen LogP contribution in [0.25, 0.3) is 0 Å². The molecule has 126 valence electrons. The largest absolute Gasteiger partial charge is 0.478 e. The molecule has 0 radical (unpaired) electrons. The minimum atomic E-state index is -0.988. The second-order valence-corrected chi connectivity index (χ2v) is 6.42. The first-order valence-electron chi connectivity index (χ1n) is 7.64. The van der Waals surface area contributed by atoms with Crippen molar-refractivity contribution in [3.05, 3.63) is 71.3 Å². The Balaban J connectivity index is 2.30. The maximum Gasteiger partial charge on any atom is 0.408 e. The van der Waals surface area contributed by atoms with Crippen LogP contribution in [0, 0.1) is 0 Å². The van der Waals surface area contributed by atoms with Gasteiger partial charge in [-0.15, -0.1) is 0 Å². The predicted octanol–water partition coefficient (Wildman–Crippen LogP) is 4.00. The number of nitrogens with one attached hydrogen (secondary N) is 1. The van der Waals surface area contributed by atoms with Crippen molar-refractivity contribution in [1.29, 1.82) is 0 Å². The lowest BCUT2D eigenvalue weighted by atomic mass is 9.98. The van der Waals surface area contributed by atoms with Crippen LogP contribution in [-0.4, -0.2) is 22.8 Å². The molecule has 0 spiro atoms. The summed E-state index contributed by atoms with van der Waals surface area (Å²) in [5.41, 5.74) is 1.25. The molecular weight excluding hydrogens is 306 g/mol. The molecule has 0 saturated carbocycles. The number of rotatable bonds is 4. The molecular formula is C19H21NO4. The van der Waals surface area contributed by atoms with Crippen LogP contribution in [0.5, 0.6) is 0 Å². The zero-order chi connectivity index (χ0) is 17.7. The Kier molecular flexibility index (Phi) is 5.24. The molecule has 0 heterocycles. The van der Waals surface area contributed by atoms with Crippen molar-refractivity contribution >= 4 is 12.1 Å². The van der Waals surface area contributed by atoms with Gasteiger partial charge in [-0.1, -0.05) is 42.5 Å². The Labute approximate surface area is 141 Å². The molecule has 2 N–H and O–H groups in total. The fraction of sp³-hybridized carbons (Fsp3) is 0.263. The number of carboxylic acid groups (broad SMARTS) is 1. The lowest BCUT2D eigenvalue weighted by Gasteiger charge is -2.24. The second-order valence-electron chi connectivity index (χ2n) is 6.42. The third kappa shape index (κ3) is 4.84. The number of ether oxygens (including phenoxy) is 1. The first-order valence-corrected chi connectivity index (χ1v) is 7.64. The fourth-order valence-corrected chi connectivity index (χ4v) is 2.25. The number of alkyl carbamates (subject to hydrolysis) is 1. The maximum atomic E-state index is 12.2. The van der Waals surface area contributed by atoms with Crippen molar-refractivity contribution in [2.75, 3.05) is 0 Å². The molecule has 24 heavy (non-hydrogen) atoms. The minimum absolute atomic E-state index is 0.197. The summed E-state index contributed by atoms with van der Waals surface area (Å²) in [6.45, 7) is 5.39. The number of hydrogen-bond acceptors (Lipinski definition) is 3. The summed E-state index contributed by atoms with van der Waals surface area (Å²) in [6, 6.07) is 15.4. The van der Waals surface area contributed by atoms with Gasteiger partial charge in [-0.3, -0.25) is 0 Å². The molecule has 0 aliphatic rings. The summed E-state index contributed by atoms with van der Waals surface area (Å²) in [5.74, 6) is -0.988. The van der Waals surface area contributed by atoms with E-state index in [9.17, 15) is 9.59 Å². The molecule has 1 amide bonds. The second kappa shape index (κ2) is 7.17. The van der Waals surface area contributed by atoms with Crippen LogP contribution in [0.2, 0.25) is 0 Å². The zero-order valence-electron chi connectivity index (χ0n) is 13.9. The van der Waals surface area contributed by atoms with E-state index in [1.54, 1.807) is 32.9 Å². The Bertz CT molecular complexity index is 702. The normalized spacial score (nSPS) is 12.3. The standard InChI is InChI=1S/C19H21NO4/c1-19(2,3)24-18(23)20-16(13-7-5-4-6-8-13)14-9-11-15(12-10-14)17(21)22/h4-12,16H,1-3H3,(H,20,23)(H,21,22). The SMILES string of the molecule is CC(C)(C)OC(=O)NC(c1ccccc1)c1ccc(C(=O)O)cc1. The first-order chi connectivity index (χ1) is 11.3. The van der Waals surface area contributed by atoms with Gasteiger partial charge in [0.2, 0.25) is 0 Å². The van der Waals surface area contributed by atoms with E-state index in [0.717, 1.165) is 11.1 Å². The number of carbonyl (C=O) groups excluding carboxylic acids is 1. The average molecular weight is 327 g/mol. The highest BCUT2D eigenvalue weighted by atomic mass is 16.6. The molecule has 2 rings (SSSR count). The van der Waals surface area contributed by atoms with Crippen molar-refractivity contribution in [3.8, 4) is 0 Å². The van der Waals surface area contributed by atoms with E-state index >= 15 is 0 Å². The van der Waals surface area contributed by atoms with Gasteiger partial charge in [0, 0.05) is 0 Å². The van der Waals surface area contributed by atoms with Crippen LogP contribution < -0.4 is 5.32 Å². The topological polar surface area (TPSA) is 75.6 Å². The monoisotopic (exact) mass is 327 g/mol. The van der Waals surface area contributed by atoms with Gasteiger partial charge in [0.25, 0.3) is 0 Å². The van der Waals surface area contributed by atoms with E-state index in [4.69, 9.17) is 9.84 Å². The predicted molar refractivity (Wildman–Crippen MR) is 91.1 cm³/mol. The first kappa shape index (κ1) is 17.5. The minimum Gasteiger partial charge on any atom is -0.478 e. The Morgan fingerprint density at radius 2 is 1.50 bits per heavy atom. The van der Waals surface area contributed by atoms with Crippen LogP contribution in [0.3, 0.4) is 0 Å². The van der Waals surface area contributed by atoms with E-state index in [0.29, 0.717) is 0 Å². The summed E-state index contributed by atoms with van der Waals surface area (Å²) >= 11 is 0. The van der Waals surface area contributed by atoms with Gasteiger partial charge >= 0.3 is 12.1 Å². The lowest BCUT2D eigenvalue weighted by molar-refractivity contribution is 0.0511. The number of carbonyl (C=O) groups is 2. The van der Waals surface area contributed by atoms with Gasteiger partial charge in [-0.05, 0) is 44.0 Å². The summed E-state index contributed by atoms with van der Waals surface area (Å²) in [5, 5.41) is 11.9. The summed E-state index contributed by atoms with van der Waals surface area (Å²) in [7, 11) is 0. The van der Waals surface area contributed by atoms with Crippen LogP contribution in [-0.2, 0) is 4.74 Å². The number of hydrogen-bond donors (Lipinski definition) is 2. The van der Waals surface area contributed by atoms with Crippen LogP contribution in [0.4, 0.5) is 4.79 Å². The molecule has 1 atom stereocenters. The van der Waals surface area contributed by atoms with Crippen LogP contribution >= 0.6 is 0 Å². The van der Waals surface area contributed by atoms with E-state index in [1.807, 2.05) is 30.3 Å². The smallest absolute Gasteiger partial charge is 0.408 e. The lowest BCUT2D eigenvalue weighted by Crippen LogP contribution is -2.35. The van der Waals surface area contributed by atoms with Gasteiger partial charge < -0.3 is 15.2 Å². The molecule has 5 nitrogen and oxygen atoms in total. The Morgan fingerprint density at radius 1 is 0.958 bits per heavy atom. The fourth-order valence-electron chi connectivity index (χ4n) is 2.25. The highest BCUT2D eigenvalue weighted by molar-refractivity contribution is 5.87. The molecule has 0 aliphatic heterocycles. The zero-order valence-corrected chi connectivity index (χ0v) is 13.9. The molecule has 0 saturated heterocycles. The third-order valence-electron chi connectivity index (χ3n) is 3.28. The van der Waals surface area contributed by atoms with Crippen LogP contribution in [0.1, 0.15) is 48.3 Å². The van der Waals surface area contributed by atoms with Gasteiger partial charge in [0.1, 0.15) is 5.60 Å². The maximum absolute atomic E-state index is 12.2. The molecule has 0 fully saturated rings. The summed E-state index contributed by atoms with van der Waals surface area (Å²) in [6.07, 6.45) is -0.529. The van der Waals surface area contributed by atoms with Crippen molar-refractivity contribution in [1.82, 2.24) is 5.32 Å². The van der Waals surface area contributed by atoms with Gasteiger partial charge in [-0.25, -0.2) is 9.59 Å². The molecule has 2 aromatic carbocycles. The van der Waals surface area contributed by atoms with E-state index in [-0.39, 0.29) is 5.56 Å². The number of benzene rings is 2. The van der Waals surface area contributed by atoms with E-state index in [1.165, 1.54) is 12.1 Å². The van der Waals surface area contributed by atoms with E-state index < -0.39 is 23.7 Å². The van der Waals surface area contributed by atoms with Gasteiger partial charge in [0.15, 0.2) is 0 Å². The molecule has 0 aliphatic carbocycles.